The normalized spacial score (nSPS) is 26.3. The Balaban J connectivity index is 1.95. The number of carbonyl (C=O) groups excluding carboxylic acids is 2. The van der Waals surface area contributed by atoms with E-state index in [0.717, 1.165) is 32.1 Å². The summed E-state index contributed by atoms with van der Waals surface area (Å²) in [6.45, 7) is 0. The van der Waals surface area contributed by atoms with Crippen LogP contribution in [0.2, 0.25) is 0 Å². The highest BCUT2D eigenvalue weighted by atomic mass is 16.1. The van der Waals surface area contributed by atoms with Crippen LogP contribution in [0.4, 0.5) is 0 Å². The second kappa shape index (κ2) is 4.23. The summed E-state index contributed by atoms with van der Waals surface area (Å²) in [6.07, 6.45) is 4.67. The van der Waals surface area contributed by atoms with Crippen molar-refractivity contribution in [2.45, 2.75) is 32.1 Å². The number of rotatable bonds is 1. The summed E-state index contributed by atoms with van der Waals surface area (Å²) in [4.78, 5) is 23.1. The molecule has 0 bridgehead atoms. The zero-order valence-corrected chi connectivity index (χ0v) is 10.3. The van der Waals surface area contributed by atoms with Crippen LogP contribution < -0.4 is 5.73 Å². The Morgan fingerprint density at radius 1 is 1.22 bits per heavy atom. The van der Waals surface area contributed by atoms with Gasteiger partial charge in [-0.25, -0.2) is 0 Å². The van der Waals surface area contributed by atoms with Gasteiger partial charge in [0.15, 0.2) is 0 Å². The maximum atomic E-state index is 11.9. The van der Waals surface area contributed by atoms with Gasteiger partial charge in [0.25, 0.3) is 0 Å². The lowest BCUT2D eigenvalue weighted by Crippen LogP contribution is -2.35. The maximum Gasteiger partial charge on any atom is 0.248 e. The first-order valence-corrected chi connectivity index (χ1v) is 6.59. The SMILES string of the molecule is NC(=O)c1ccc2c(c1)CC1CCCC(=O)C1C2. The van der Waals surface area contributed by atoms with Crippen LogP contribution in [0.15, 0.2) is 18.2 Å². The van der Waals surface area contributed by atoms with Gasteiger partial charge in [-0.1, -0.05) is 6.07 Å². The van der Waals surface area contributed by atoms with Crippen LogP contribution in [0.25, 0.3) is 0 Å². The lowest BCUT2D eigenvalue weighted by atomic mass is 9.68. The van der Waals surface area contributed by atoms with Crippen molar-refractivity contribution in [2.24, 2.45) is 17.6 Å². The molecule has 3 nitrogen and oxygen atoms in total. The molecule has 0 heterocycles. The van der Waals surface area contributed by atoms with Gasteiger partial charge in [-0.3, -0.25) is 9.59 Å². The molecule has 0 aliphatic heterocycles. The quantitative estimate of drug-likeness (QED) is 0.818. The number of carbonyl (C=O) groups is 2. The van der Waals surface area contributed by atoms with Crippen molar-refractivity contribution in [3.05, 3.63) is 34.9 Å². The van der Waals surface area contributed by atoms with E-state index >= 15 is 0 Å². The predicted octanol–water partition coefficient (Wildman–Crippen LogP) is 1.87. The van der Waals surface area contributed by atoms with E-state index in [9.17, 15) is 9.59 Å². The van der Waals surface area contributed by atoms with Crippen LogP contribution in [-0.2, 0) is 17.6 Å². The van der Waals surface area contributed by atoms with Crippen molar-refractivity contribution in [2.75, 3.05) is 0 Å². The number of nitrogens with two attached hydrogens (primary N) is 1. The second-order valence-electron chi connectivity index (χ2n) is 5.48. The van der Waals surface area contributed by atoms with Crippen molar-refractivity contribution in [3.8, 4) is 0 Å². The summed E-state index contributed by atoms with van der Waals surface area (Å²) in [5, 5.41) is 0. The van der Waals surface area contributed by atoms with E-state index in [2.05, 4.69) is 0 Å². The van der Waals surface area contributed by atoms with Crippen LogP contribution in [0.3, 0.4) is 0 Å². The molecule has 2 aliphatic rings. The highest BCUT2D eigenvalue weighted by Crippen LogP contribution is 2.38. The van der Waals surface area contributed by atoms with Crippen molar-refractivity contribution >= 4 is 11.7 Å². The van der Waals surface area contributed by atoms with Gasteiger partial charge in [-0.15, -0.1) is 0 Å². The molecule has 1 aromatic rings. The Labute approximate surface area is 106 Å². The molecule has 18 heavy (non-hydrogen) atoms. The molecule has 0 radical (unpaired) electrons. The number of benzene rings is 1. The van der Waals surface area contributed by atoms with Crippen LogP contribution in [-0.4, -0.2) is 11.7 Å². The average molecular weight is 243 g/mol. The smallest absolute Gasteiger partial charge is 0.248 e. The van der Waals surface area contributed by atoms with Crippen molar-refractivity contribution in [1.82, 2.24) is 0 Å². The Hall–Kier alpha value is -1.64. The molecule has 1 fully saturated rings. The number of hydrogen-bond donors (Lipinski definition) is 1. The number of hydrogen-bond acceptors (Lipinski definition) is 2. The monoisotopic (exact) mass is 243 g/mol. The maximum absolute atomic E-state index is 11.9. The fourth-order valence-electron chi connectivity index (χ4n) is 3.40. The van der Waals surface area contributed by atoms with E-state index in [1.807, 2.05) is 12.1 Å². The fraction of sp³-hybridized carbons (Fsp3) is 0.467. The lowest BCUT2D eigenvalue weighted by Gasteiger charge is -2.35. The standard InChI is InChI=1S/C15H17NO2/c16-15(18)11-5-4-9-8-13-10(6-12(9)7-11)2-1-3-14(13)17/h4-5,7,10,13H,1-3,6,8H2,(H2,16,18). The molecule has 3 rings (SSSR count). The molecule has 0 aromatic heterocycles. The molecule has 2 N–H and O–H groups in total. The van der Waals surface area contributed by atoms with Gasteiger partial charge in [-0.05, 0) is 54.9 Å². The third kappa shape index (κ3) is 1.84. The van der Waals surface area contributed by atoms with Crippen LogP contribution in [0, 0.1) is 11.8 Å². The van der Waals surface area contributed by atoms with E-state index in [4.69, 9.17) is 5.73 Å². The van der Waals surface area contributed by atoms with Gasteiger partial charge in [0.1, 0.15) is 5.78 Å². The summed E-state index contributed by atoms with van der Waals surface area (Å²) < 4.78 is 0. The van der Waals surface area contributed by atoms with E-state index in [1.165, 1.54) is 11.1 Å². The van der Waals surface area contributed by atoms with E-state index in [-0.39, 0.29) is 11.8 Å². The Morgan fingerprint density at radius 2 is 2.06 bits per heavy atom. The van der Waals surface area contributed by atoms with Gasteiger partial charge in [0.2, 0.25) is 5.91 Å². The zero-order chi connectivity index (χ0) is 12.7. The summed E-state index contributed by atoms with van der Waals surface area (Å²) in [7, 11) is 0. The molecular formula is C15H17NO2. The highest BCUT2D eigenvalue weighted by molar-refractivity contribution is 5.93. The van der Waals surface area contributed by atoms with Crippen LogP contribution in [0.1, 0.15) is 40.7 Å². The third-order valence-electron chi connectivity index (χ3n) is 4.39. The molecule has 94 valence electrons. The van der Waals surface area contributed by atoms with Gasteiger partial charge in [-0.2, -0.15) is 0 Å². The van der Waals surface area contributed by atoms with E-state index < -0.39 is 0 Å². The van der Waals surface area contributed by atoms with Gasteiger partial charge in [0, 0.05) is 17.9 Å². The Kier molecular flexibility index (Phi) is 2.69. The number of amides is 1. The summed E-state index contributed by atoms with van der Waals surface area (Å²) in [5.41, 5.74) is 8.32. The summed E-state index contributed by atoms with van der Waals surface area (Å²) >= 11 is 0. The van der Waals surface area contributed by atoms with Gasteiger partial charge in [0.05, 0.1) is 0 Å². The zero-order valence-electron chi connectivity index (χ0n) is 10.3. The minimum absolute atomic E-state index is 0.214. The molecule has 2 aliphatic carbocycles. The first-order chi connectivity index (χ1) is 8.65. The molecule has 1 amide bonds. The first kappa shape index (κ1) is 11.5. The first-order valence-electron chi connectivity index (χ1n) is 6.59. The second-order valence-corrected chi connectivity index (χ2v) is 5.48. The summed E-state index contributed by atoms with van der Waals surface area (Å²) in [6, 6.07) is 5.65. The lowest BCUT2D eigenvalue weighted by molar-refractivity contribution is -0.126. The average Bonchev–Trinajstić information content (AvgIpc) is 2.36. The van der Waals surface area contributed by atoms with Gasteiger partial charge < -0.3 is 5.73 Å². The van der Waals surface area contributed by atoms with Gasteiger partial charge >= 0.3 is 0 Å². The number of primary amides is 1. The van der Waals surface area contributed by atoms with E-state index in [0.29, 0.717) is 17.3 Å². The third-order valence-corrected chi connectivity index (χ3v) is 4.39. The number of ketones is 1. The molecular weight excluding hydrogens is 226 g/mol. The van der Waals surface area contributed by atoms with E-state index in [1.54, 1.807) is 6.07 Å². The topological polar surface area (TPSA) is 60.2 Å². The molecule has 0 spiro atoms. The fourth-order valence-corrected chi connectivity index (χ4v) is 3.40. The molecule has 1 aromatic carbocycles. The van der Waals surface area contributed by atoms with Crippen molar-refractivity contribution < 1.29 is 9.59 Å². The molecule has 0 saturated heterocycles. The molecule has 1 saturated carbocycles. The summed E-state index contributed by atoms with van der Waals surface area (Å²) in [5.74, 6) is 0.739. The molecule has 2 unspecified atom stereocenters. The van der Waals surface area contributed by atoms with Crippen molar-refractivity contribution in [1.29, 1.82) is 0 Å². The minimum Gasteiger partial charge on any atom is -0.366 e. The Morgan fingerprint density at radius 3 is 2.83 bits per heavy atom. The molecule has 2 atom stereocenters. The van der Waals surface area contributed by atoms with Crippen molar-refractivity contribution in [3.63, 3.8) is 0 Å². The number of Topliss-reactive ketones (excluding diaryl/α,β-unsaturated/α-hetero) is 1. The van der Waals surface area contributed by atoms with Crippen LogP contribution in [0.5, 0.6) is 0 Å². The largest absolute Gasteiger partial charge is 0.366 e. The Bertz CT molecular complexity index is 521. The number of fused-ring (bicyclic) bond motifs is 2. The van der Waals surface area contributed by atoms with Crippen LogP contribution >= 0.6 is 0 Å². The molecule has 3 heteroatoms. The minimum atomic E-state index is -0.375. The highest BCUT2D eigenvalue weighted by Gasteiger charge is 2.35. The predicted molar refractivity (Wildman–Crippen MR) is 68.2 cm³/mol.